The van der Waals surface area contributed by atoms with Crippen LogP contribution in [0, 0.1) is 5.92 Å². The molecule has 5 heteroatoms. The summed E-state index contributed by atoms with van der Waals surface area (Å²) in [5, 5.41) is 4.99. The number of benzene rings is 2. The van der Waals surface area contributed by atoms with Crippen molar-refractivity contribution < 1.29 is 9.59 Å². The summed E-state index contributed by atoms with van der Waals surface area (Å²) in [5.41, 5.74) is 1.84. The van der Waals surface area contributed by atoms with Gasteiger partial charge in [0, 0.05) is 10.6 Å². The summed E-state index contributed by atoms with van der Waals surface area (Å²) in [6.45, 7) is 1.94. The second kappa shape index (κ2) is 7.37. The summed E-state index contributed by atoms with van der Waals surface area (Å²) in [5.74, 6) is -1.07. The van der Waals surface area contributed by atoms with Crippen LogP contribution in [0.5, 0.6) is 0 Å². The van der Waals surface area contributed by atoms with Gasteiger partial charge in [-0.2, -0.15) is 0 Å². The SMILES string of the molecule is C[C@@H](NC(=O)[C@H]1C(=O)N(c2ccccc2)[C@@H]1c1cccs1)c1ccccc1. The van der Waals surface area contributed by atoms with Gasteiger partial charge >= 0.3 is 0 Å². The number of β-lactam (4-membered cyclic amide) rings is 1. The molecule has 0 spiro atoms. The topological polar surface area (TPSA) is 49.4 Å². The predicted molar refractivity (Wildman–Crippen MR) is 107 cm³/mol. The van der Waals surface area contributed by atoms with Crippen molar-refractivity contribution in [2.75, 3.05) is 4.90 Å². The van der Waals surface area contributed by atoms with Crippen molar-refractivity contribution in [1.82, 2.24) is 5.32 Å². The molecule has 27 heavy (non-hydrogen) atoms. The average molecular weight is 376 g/mol. The van der Waals surface area contributed by atoms with E-state index < -0.39 is 5.92 Å². The highest BCUT2D eigenvalue weighted by Crippen LogP contribution is 2.45. The molecule has 0 unspecified atom stereocenters. The molecular weight excluding hydrogens is 356 g/mol. The van der Waals surface area contributed by atoms with E-state index in [0.29, 0.717) is 0 Å². The smallest absolute Gasteiger partial charge is 0.242 e. The standard InChI is InChI=1S/C22H20N2O2S/c1-15(16-9-4-2-5-10-16)23-21(25)19-20(18-13-8-14-27-18)24(22(19)26)17-11-6-3-7-12-17/h2-15,19-20H,1H3,(H,23,25)/t15-,19+,20-/m1/s1. The molecule has 4 rings (SSSR count). The molecule has 2 heterocycles. The highest BCUT2D eigenvalue weighted by Gasteiger charge is 2.53. The van der Waals surface area contributed by atoms with Gasteiger partial charge in [0.2, 0.25) is 11.8 Å². The number of amides is 2. The first-order valence-electron chi connectivity index (χ1n) is 8.93. The largest absolute Gasteiger partial charge is 0.349 e. The molecule has 2 amide bonds. The molecule has 1 aliphatic rings. The van der Waals surface area contributed by atoms with Crippen LogP contribution < -0.4 is 10.2 Å². The maximum Gasteiger partial charge on any atom is 0.242 e. The minimum Gasteiger partial charge on any atom is -0.349 e. The van der Waals surface area contributed by atoms with E-state index in [1.165, 1.54) is 0 Å². The minimum absolute atomic E-state index is 0.152. The molecule has 0 aliphatic carbocycles. The number of para-hydroxylation sites is 1. The van der Waals surface area contributed by atoms with Gasteiger partial charge in [0.15, 0.2) is 0 Å². The molecule has 3 aromatic rings. The Morgan fingerprint density at radius 3 is 2.30 bits per heavy atom. The molecule has 1 aromatic heterocycles. The summed E-state index contributed by atoms with van der Waals surface area (Å²) in [7, 11) is 0. The van der Waals surface area contributed by atoms with E-state index in [1.54, 1.807) is 16.2 Å². The van der Waals surface area contributed by atoms with Crippen LogP contribution in [0.25, 0.3) is 0 Å². The monoisotopic (exact) mass is 376 g/mol. The normalized spacial score (nSPS) is 20.0. The number of nitrogens with zero attached hydrogens (tertiary/aromatic N) is 1. The van der Waals surface area contributed by atoms with Gasteiger partial charge in [-0.1, -0.05) is 54.6 Å². The average Bonchev–Trinajstić information content (AvgIpc) is 3.21. The number of hydrogen-bond donors (Lipinski definition) is 1. The molecule has 0 radical (unpaired) electrons. The molecule has 0 saturated carbocycles. The molecule has 1 N–H and O–H groups in total. The van der Waals surface area contributed by atoms with Crippen molar-refractivity contribution in [2.24, 2.45) is 5.92 Å². The first-order chi connectivity index (χ1) is 13.2. The number of rotatable bonds is 5. The second-order valence-corrected chi connectivity index (χ2v) is 7.60. The van der Waals surface area contributed by atoms with Crippen LogP contribution in [0.2, 0.25) is 0 Å². The van der Waals surface area contributed by atoms with Gasteiger partial charge < -0.3 is 10.2 Å². The number of thiophene rings is 1. The summed E-state index contributed by atoms with van der Waals surface area (Å²) >= 11 is 1.57. The molecule has 1 aliphatic heterocycles. The summed E-state index contributed by atoms with van der Waals surface area (Å²) in [4.78, 5) is 28.6. The Hall–Kier alpha value is -2.92. The van der Waals surface area contributed by atoms with Crippen LogP contribution in [0.15, 0.2) is 78.2 Å². The fourth-order valence-corrected chi connectivity index (χ4v) is 4.35. The van der Waals surface area contributed by atoms with Crippen molar-refractivity contribution in [3.8, 4) is 0 Å². The number of nitrogens with one attached hydrogen (secondary N) is 1. The third kappa shape index (κ3) is 3.26. The van der Waals surface area contributed by atoms with Crippen molar-refractivity contribution in [3.05, 3.63) is 88.6 Å². The van der Waals surface area contributed by atoms with Gasteiger partial charge in [0.1, 0.15) is 5.92 Å². The van der Waals surface area contributed by atoms with Crippen LogP contribution in [-0.4, -0.2) is 11.8 Å². The van der Waals surface area contributed by atoms with Gasteiger partial charge in [-0.15, -0.1) is 11.3 Å². The summed E-state index contributed by atoms with van der Waals surface area (Å²) in [6, 6.07) is 22.8. The lowest BCUT2D eigenvalue weighted by atomic mass is 9.84. The summed E-state index contributed by atoms with van der Waals surface area (Å²) in [6.07, 6.45) is 0. The molecule has 1 fully saturated rings. The Labute approximate surface area is 162 Å². The minimum atomic E-state index is -0.699. The van der Waals surface area contributed by atoms with E-state index in [9.17, 15) is 9.59 Å². The zero-order valence-electron chi connectivity index (χ0n) is 14.9. The summed E-state index contributed by atoms with van der Waals surface area (Å²) < 4.78 is 0. The third-order valence-electron chi connectivity index (χ3n) is 4.91. The maximum absolute atomic E-state index is 12.9. The quantitative estimate of drug-likeness (QED) is 0.532. The maximum atomic E-state index is 12.9. The Bertz CT molecular complexity index is 925. The van der Waals surface area contributed by atoms with E-state index in [-0.39, 0.29) is 23.9 Å². The first-order valence-corrected chi connectivity index (χ1v) is 9.81. The van der Waals surface area contributed by atoms with Crippen molar-refractivity contribution >= 4 is 28.8 Å². The van der Waals surface area contributed by atoms with Crippen LogP contribution in [0.3, 0.4) is 0 Å². The van der Waals surface area contributed by atoms with Crippen LogP contribution in [0.1, 0.15) is 29.4 Å². The molecule has 1 saturated heterocycles. The number of anilines is 1. The van der Waals surface area contributed by atoms with Gasteiger partial charge in [-0.05, 0) is 36.1 Å². The lowest BCUT2D eigenvalue weighted by molar-refractivity contribution is -0.141. The number of carbonyl (C=O) groups excluding carboxylic acids is 2. The van der Waals surface area contributed by atoms with E-state index >= 15 is 0 Å². The van der Waals surface area contributed by atoms with E-state index in [0.717, 1.165) is 16.1 Å². The highest BCUT2D eigenvalue weighted by molar-refractivity contribution is 7.10. The van der Waals surface area contributed by atoms with Crippen molar-refractivity contribution in [3.63, 3.8) is 0 Å². The van der Waals surface area contributed by atoms with E-state index in [1.807, 2.05) is 85.1 Å². The fourth-order valence-electron chi connectivity index (χ4n) is 3.50. The highest BCUT2D eigenvalue weighted by atomic mass is 32.1. The zero-order chi connectivity index (χ0) is 18.8. The second-order valence-electron chi connectivity index (χ2n) is 6.62. The molecule has 2 aromatic carbocycles. The Kier molecular flexibility index (Phi) is 4.77. The van der Waals surface area contributed by atoms with Crippen molar-refractivity contribution in [1.29, 1.82) is 0 Å². The third-order valence-corrected chi connectivity index (χ3v) is 5.85. The Morgan fingerprint density at radius 2 is 1.67 bits per heavy atom. The van der Waals surface area contributed by atoms with Gasteiger partial charge in [0.05, 0.1) is 12.1 Å². The van der Waals surface area contributed by atoms with Crippen LogP contribution in [-0.2, 0) is 9.59 Å². The molecule has 0 bridgehead atoms. The molecule has 136 valence electrons. The first kappa shape index (κ1) is 17.5. The molecular formula is C22H20N2O2S. The van der Waals surface area contributed by atoms with Crippen LogP contribution in [0.4, 0.5) is 5.69 Å². The molecule has 4 nitrogen and oxygen atoms in total. The van der Waals surface area contributed by atoms with E-state index in [4.69, 9.17) is 0 Å². The van der Waals surface area contributed by atoms with Gasteiger partial charge in [-0.3, -0.25) is 9.59 Å². The number of carbonyl (C=O) groups is 2. The Morgan fingerprint density at radius 1 is 1.00 bits per heavy atom. The van der Waals surface area contributed by atoms with E-state index in [2.05, 4.69) is 5.32 Å². The molecule has 3 atom stereocenters. The van der Waals surface area contributed by atoms with Gasteiger partial charge in [-0.25, -0.2) is 0 Å². The predicted octanol–water partition coefficient (Wildman–Crippen LogP) is 4.33. The fraction of sp³-hybridized carbons (Fsp3) is 0.182. The number of hydrogen-bond acceptors (Lipinski definition) is 3. The lowest BCUT2D eigenvalue weighted by Crippen LogP contribution is -2.60. The van der Waals surface area contributed by atoms with Gasteiger partial charge in [0.25, 0.3) is 0 Å². The van der Waals surface area contributed by atoms with Crippen molar-refractivity contribution in [2.45, 2.75) is 19.0 Å². The Balaban J connectivity index is 1.58. The zero-order valence-corrected chi connectivity index (χ0v) is 15.7. The lowest BCUT2D eigenvalue weighted by Gasteiger charge is -2.46. The van der Waals surface area contributed by atoms with Crippen LogP contribution >= 0.6 is 11.3 Å².